The maximum Gasteiger partial charge on any atom is 0.340 e. The van der Waals surface area contributed by atoms with Crippen LogP contribution in [0.5, 0.6) is 11.5 Å². The molecule has 7 nitrogen and oxygen atoms in total. The fourth-order valence-corrected chi connectivity index (χ4v) is 3.43. The number of ether oxygens (including phenoxy) is 2. The van der Waals surface area contributed by atoms with Gasteiger partial charge in [0, 0.05) is 5.75 Å². The van der Waals surface area contributed by atoms with Crippen LogP contribution in [0, 0.1) is 0 Å². The Morgan fingerprint density at radius 3 is 2.48 bits per heavy atom. The molecule has 0 spiro atoms. The summed E-state index contributed by atoms with van der Waals surface area (Å²) in [5.41, 5.74) is 0.446. The molecule has 2 rings (SSSR count). The third-order valence-electron chi connectivity index (χ3n) is 3.15. The standard InChI is InChI=1S/C13H15NO6S/c1-19-8-4-3-6(9(13(17)18)10(8)20-2)11-14-7(5-21-11)12(15)16/h3-4,7,11,14H,5H2,1-2H3,(H,15,16)(H,17,18)/t7-,11+/m0/s1. The summed E-state index contributed by atoms with van der Waals surface area (Å²) in [6.07, 6.45) is 0. The van der Waals surface area contributed by atoms with Gasteiger partial charge < -0.3 is 19.7 Å². The maximum absolute atomic E-state index is 11.6. The Balaban J connectivity index is 2.45. The highest BCUT2D eigenvalue weighted by atomic mass is 32.2. The number of nitrogens with one attached hydrogen (secondary N) is 1. The number of hydrogen-bond donors (Lipinski definition) is 3. The van der Waals surface area contributed by atoms with Crippen LogP contribution in [0.3, 0.4) is 0 Å². The largest absolute Gasteiger partial charge is 0.493 e. The Kier molecular flexibility index (Phi) is 4.59. The fourth-order valence-electron chi connectivity index (χ4n) is 2.17. The average molecular weight is 313 g/mol. The normalized spacial score (nSPS) is 21.0. The van der Waals surface area contributed by atoms with Gasteiger partial charge in [-0.1, -0.05) is 6.07 Å². The summed E-state index contributed by atoms with van der Waals surface area (Å²) >= 11 is 1.34. The van der Waals surface area contributed by atoms with Gasteiger partial charge >= 0.3 is 11.9 Å². The molecule has 0 saturated carbocycles. The quantitative estimate of drug-likeness (QED) is 0.744. The number of carboxylic acid groups (broad SMARTS) is 2. The molecule has 0 aliphatic carbocycles. The number of aliphatic carboxylic acids is 1. The van der Waals surface area contributed by atoms with E-state index in [1.165, 1.54) is 26.0 Å². The lowest BCUT2D eigenvalue weighted by molar-refractivity contribution is -0.138. The van der Waals surface area contributed by atoms with Crippen LogP contribution in [-0.4, -0.2) is 48.2 Å². The van der Waals surface area contributed by atoms with Crippen LogP contribution in [0.25, 0.3) is 0 Å². The van der Waals surface area contributed by atoms with E-state index in [0.717, 1.165) is 0 Å². The second kappa shape index (κ2) is 6.23. The van der Waals surface area contributed by atoms with Gasteiger partial charge in [0.2, 0.25) is 0 Å². The number of benzene rings is 1. The van der Waals surface area contributed by atoms with E-state index in [0.29, 0.717) is 17.1 Å². The first-order valence-corrected chi connectivity index (χ1v) is 7.13. The number of aromatic carboxylic acids is 1. The number of thioether (sulfide) groups is 1. The van der Waals surface area contributed by atoms with Gasteiger partial charge in [-0.05, 0) is 11.6 Å². The van der Waals surface area contributed by atoms with Crippen molar-refractivity contribution in [2.45, 2.75) is 11.4 Å². The second-order valence-corrected chi connectivity index (χ2v) is 5.48. The summed E-state index contributed by atoms with van der Waals surface area (Å²) in [7, 11) is 2.79. The molecule has 1 aliphatic heterocycles. The Morgan fingerprint density at radius 1 is 1.29 bits per heavy atom. The summed E-state index contributed by atoms with van der Waals surface area (Å²) in [6.45, 7) is 0. The molecule has 114 valence electrons. The van der Waals surface area contributed by atoms with Crippen molar-refractivity contribution in [3.05, 3.63) is 23.3 Å². The summed E-state index contributed by atoms with van der Waals surface area (Å²) in [6, 6.07) is 2.52. The minimum atomic E-state index is -1.15. The van der Waals surface area contributed by atoms with Crippen molar-refractivity contribution in [3.63, 3.8) is 0 Å². The molecule has 1 heterocycles. The van der Waals surface area contributed by atoms with Gasteiger partial charge in [-0.25, -0.2) is 4.79 Å². The number of rotatable bonds is 5. The van der Waals surface area contributed by atoms with Crippen LogP contribution in [0.15, 0.2) is 12.1 Å². The maximum atomic E-state index is 11.6. The number of hydrogen-bond acceptors (Lipinski definition) is 6. The summed E-state index contributed by atoms with van der Waals surface area (Å²) in [5.74, 6) is -1.29. The van der Waals surface area contributed by atoms with Crippen LogP contribution in [0.1, 0.15) is 21.3 Å². The van der Waals surface area contributed by atoms with Crippen molar-refractivity contribution in [2.24, 2.45) is 0 Å². The Labute approximate surface area is 125 Å². The van der Waals surface area contributed by atoms with Crippen molar-refractivity contribution in [1.82, 2.24) is 5.32 Å². The first-order chi connectivity index (χ1) is 9.99. The Bertz CT molecular complexity index is 576. The summed E-state index contributed by atoms with van der Waals surface area (Å²) < 4.78 is 10.2. The molecule has 0 radical (unpaired) electrons. The third kappa shape index (κ3) is 2.91. The first kappa shape index (κ1) is 15.5. The summed E-state index contributed by atoms with van der Waals surface area (Å²) in [5, 5.41) is 20.9. The zero-order chi connectivity index (χ0) is 15.6. The zero-order valence-electron chi connectivity index (χ0n) is 11.5. The minimum absolute atomic E-state index is 0.0205. The predicted octanol–water partition coefficient (Wildman–Crippen LogP) is 1.19. The fraction of sp³-hybridized carbons (Fsp3) is 0.385. The van der Waals surface area contributed by atoms with E-state index in [9.17, 15) is 14.7 Å². The van der Waals surface area contributed by atoms with Gasteiger partial charge in [0.05, 0.1) is 19.6 Å². The third-order valence-corrected chi connectivity index (χ3v) is 4.40. The van der Waals surface area contributed by atoms with Gasteiger partial charge in [-0.3, -0.25) is 10.1 Å². The van der Waals surface area contributed by atoms with Crippen LogP contribution in [0.2, 0.25) is 0 Å². The molecule has 3 N–H and O–H groups in total. The summed E-state index contributed by atoms with van der Waals surface area (Å²) in [4.78, 5) is 22.5. The topological polar surface area (TPSA) is 105 Å². The lowest BCUT2D eigenvalue weighted by Gasteiger charge is -2.18. The second-order valence-electron chi connectivity index (χ2n) is 4.34. The van der Waals surface area contributed by atoms with Crippen LogP contribution < -0.4 is 14.8 Å². The zero-order valence-corrected chi connectivity index (χ0v) is 12.3. The molecule has 0 bridgehead atoms. The molecule has 1 aromatic carbocycles. The molecule has 1 fully saturated rings. The average Bonchev–Trinajstić information content (AvgIpc) is 2.95. The first-order valence-electron chi connectivity index (χ1n) is 6.08. The van der Waals surface area contributed by atoms with Gasteiger partial charge in [-0.15, -0.1) is 11.8 Å². The molecular formula is C13H15NO6S. The number of carboxylic acids is 2. The molecule has 21 heavy (non-hydrogen) atoms. The highest BCUT2D eigenvalue weighted by Gasteiger charge is 2.34. The van der Waals surface area contributed by atoms with Crippen molar-refractivity contribution >= 4 is 23.7 Å². The highest BCUT2D eigenvalue weighted by Crippen LogP contribution is 2.41. The molecule has 0 amide bonds. The molecule has 0 unspecified atom stereocenters. The monoisotopic (exact) mass is 313 g/mol. The van der Waals surface area contributed by atoms with E-state index in [2.05, 4.69) is 5.32 Å². The smallest absolute Gasteiger partial charge is 0.340 e. The van der Waals surface area contributed by atoms with E-state index in [1.807, 2.05) is 0 Å². The Hall–Kier alpha value is -1.93. The van der Waals surface area contributed by atoms with Gasteiger partial charge in [0.15, 0.2) is 11.5 Å². The van der Waals surface area contributed by atoms with E-state index in [-0.39, 0.29) is 11.3 Å². The molecule has 2 atom stereocenters. The van der Waals surface area contributed by atoms with Crippen molar-refractivity contribution in [1.29, 1.82) is 0 Å². The van der Waals surface area contributed by atoms with Crippen molar-refractivity contribution in [3.8, 4) is 11.5 Å². The molecule has 0 aromatic heterocycles. The number of methoxy groups -OCH3 is 2. The lowest BCUT2D eigenvalue weighted by atomic mass is 10.0. The van der Waals surface area contributed by atoms with Crippen LogP contribution >= 0.6 is 11.8 Å². The molecule has 8 heteroatoms. The predicted molar refractivity (Wildman–Crippen MR) is 76.3 cm³/mol. The lowest BCUT2D eigenvalue weighted by Crippen LogP contribution is -2.34. The highest BCUT2D eigenvalue weighted by molar-refractivity contribution is 7.99. The van der Waals surface area contributed by atoms with E-state index in [4.69, 9.17) is 14.6 Å². The van der Waals surface area contributed by atoms with Gasteiger partial charge in [0.25, 0.3) is 0 Å². The van der Waals surface area contributed by atoms with Crippen LogP contribution in [0.4, 0.5) is 0 Å². The molecular weight excluding hydrogens is 298 g/mol. The van der Waals surface area contributed by atoms with Gasteiger partial charge in [-0.2, -0.15) is 0 Å². The molecule has 1 aliphatic rings. The van der Waals surface area contributed by atoms with Crippen LogP contribution in [-0.2, 0) is 4.79 Å². The SMILES string of the molecule is COc1ccc([C@@H]2N[C@H](C(=O)O)CS2)c(C(=O)O)c1OC. The Morgan fingerprint density at radius 2 is 2.00 bits per heavy atom. The van der Waals surface area contributed by atoms with Crippen molar-refractivity contribution in [2.75, 3.05) is 20.0 Å². The van der Waals surface area contributed by atoms with E-state index >= 15 is 0 Å². The van der Waals surface area contributed by atoms with E-state index in [1.54, 1.807) is 12.1 Å². The van der Waals surface area contributed by atoms with E-state index < -0.39 is 23.4 Å². The molecule has 1 saturated heterocycles. The van der Waals surface area contributed by atoms with Crippen molar-refractivity contribution < 1.29 is 29.3 Å². The minimum Gasteiger partial charge on any atom is -0.493 e. The molecule has 1 aromatic rings. The number of carbonyl (C=O) groups is 2. The van der Waals surface area contributed by atoms with Gasteiger partial charge in [0.1, 0.15) is 11.6 Å².